The van der Waals surface area contributed by atoms with E-state index in [1.807, 2.05) is 0 Å². The molecule has 0 saturated carbocycles. The number of nitrogens with zero attached hydrogens (tertiary/aromatic N) is 2. The Hall–Kier alpha value is -0.660. The maximum absolute atomic E-state index is 2.73. The fourth-order valence-electron chi connectivity index (χ4n) is 7.78. The Labute approximate surface area is 299 Å². The first-order valence-corrected chi connectivity index (χ1v) is 22.5. The van der Waals surface area contributed by atoms with Gasteiger partial charge in [-0.3, -0.25) is 0 Å². The maximum atomic E-state index is 2.73. The van der Waals surface area contributed by atoms with E-state index in [1.165, 1.54) is 251 Å². The Bertz CT molecular complexity index is 615. The summed E-state index contributed by atoms with van der Waals surface area (Å²) in [4.78, 5) is 5.46. The highest BCUT2D eigenvalue weighted by Crippen LogP contribution is 2.24. The molecule has 0 aromatic heterocycles. The minimum Gasteiger partial charge on any atom is -0.356 e. The zero-order valence-corrected chi connectivity index (χ0v) is 33.2. The largest absolute Gasteiger partial charge is 0.356 e. The van der Waals surface area contributed by atoms with Gasteiger partial charge < -0.3 is 9.80 Å². The molecule has 2 heteroatoms. The van der Waals surface area contributed by atoms with Gasteiger partial charge in [0.2, 0.25) is 0 Å². The zero-order chi connectivity index (χ0) is 33.7. The van der Waals surface area contributed by atoms with Gasteiger partial charge in [-0.05, 0) is 25.7 Å². The first-order chi connectivity index (χ1) is 23.3. The molecular formula is C45H90N2. The smallest absolute Gasteiger partial charge is 0.101 e. The Balaban J connectivity index is 2.16. The Morgan fingerprint density at radius 3 is 0.745 bits per heavy atom. The molecule has 47 heavy (non-hydrogen) atoms. The SMILES string of the molecule is CCCCCCCCCCCCCCCCCN1C=CN(CCCCCCCCCCCCCCC)C1CCCCCCCCCC. The molecule has 2 nitrogen and oxygen atoms in total. The monoisotopic (exact) mass is 659 g/mol. The van der Waals surface area contributed by atoms with E-state index in [-0.39, 0.29) is 0 Å². The summed E-state index contributed by atoms with van der Waals surface area (Å²) in [6, 6.07) is 0. The van der Waals surface area contributed by atoms with Crippen LogP contribution in [0.25, 0.3) is 0 Å². The topological polar surface area (TPSA) is 6.48 Å². The van der Waals surface area contributed by atoms with Crippen LogP contribution in [-0.2, 0) is 0 Å². The lowest BCUT2D eigenvalue weighted by Gasteiger charge is -2.33. The van der Waals surface area contributed by atoms with E-state index in [0.717, 1.165) is 0 Å². The first-order valence-electron chi connectivity index (χ1n) is 22.5. The van der Waals surface area contributed by atoms with E-state index in [2.05, 4.69) is 43.0 Å². The fourth-order valence-corrected chi connectivity index (χ4v) is 7.78. The van der Waals surface area contributed by atoms with Crippen LogP contribution < -0.4 is 0 Å². The Morgan fingerprint density at radius 1 is 0.277 bits per heavy atom. The van der Waals surface area contributed by atoms with Crippen LogP contribution >= 0.6 is 0 Å². The molecule has 0 amide bonds. The highest BCUT2D eigenvalue weighted by molar-refractivity contribution is 4.97. The molecule has 0 aromatic carbocycles. The lowest BCUT2D eigenvalue weighted by Crippen LogP contribution is -2.39. The van der Waals surface area contributed by atoms with Crippen molar-refractivity contribution in [3.8, 4) is 0 Å². The van der Waals surface area contributed by atoms with Gasteiger partial charge in [0.25, 0.3) is 0 Å². The molecule has 0 radical (unpaired) electrons. The molecule has 0 fully saturated rings. The lowest BCUT2D eigenvalue weighted by atomic mass is 10.0. The van der Waals surface area contributed by atoms with Crippen molar-refractivity contribution in [2.45, 2.75) is 265 Å². The highest BCUT2D eigenvalue weighted by atomic mass is 15.4. The molecular weight excluding hydrogens is 569 g/mol. The lowest BCUT2D eigenvalue weighted by molar-refractivity contribution is 0.135. The van der Waals surface area contributed by atoms with Crippen molar-refractivity contribution in [2.24, 2.45) is 0 Å². The second-order valence-corrected chi connectivity index (χ2v) is 15.7. The van der Waals surface area contributed by atoms with Gasteiger partial charge in [0.1, 0.15) is 6.17 Å². The summed E-state index contributed by atoms with van der Waals surface area (Å²) in [6.07, 6.45) is 58.9. The third-order valence-electron chi connectivity index (χ3n) is 11.1. The van der Waals surface area contributed by atoms with E-state index < -0.39 is 0 Å². The van der Waals surface area contributed by atoms with Gasteiger partial charge in [-0.1, -0.05) is 233 Å². The van der Waals surface area contributed by atoms with Crippen LogP contribution in [-0.4, -0.2) is 29.1 Å². The molecule has 280 valence electrons. The van der Waals surface area contributed by atoms with E-state index in [1.54, 1.807) is 0 Å². The average molecular weight is 659 g/mol. The van der Waals surface area contributed by atoms with Crippen molar-refractivity contribution >= 4 is 0 Å². The van der Waals surface area contributed by atoms with Crippen LogP contribution in [0, 0.1) is 0 Å². The summed E-state index contributed by atoms with van der Waals surface area (Å²) in [6.45, 7) is 9.49. The third-order valence-corrected chi connectivity index (χ3v) is 11.1. The summed E-state index contributed by atoms with van der Waals surface area (Å²) < 4.78 is 0. The van der Waals surface area contributed by atoms with Crippen molar-refractivity contribution < 1.29 is 0 Å². The van der Waals surface area contributed by atoms with E-state index in [4.69, 9.17) is 0 Å². The Kier molecular flexibility index (Phi) is 34.6. The molecule has 0 aliphatic carbocycles. The van der Waals surface area contributed by atoms with Gasteiger partial charge in [0.15, 0.2) is 0 Å². The van der Waals surface area contributed by atoms with Crippen LogP contribution in [0.2, 0.25) is 0 Å². The summed E-state index contributed by atoms with van der Waals surface area (Å²) in [5.41, 5.74) is 0. The van der Waals surface area contributed by atoms with Crippen LogP contribution in [0.3, 0.4) is 0 Å². The normalized spacial score (nSPS) is 14.7. The molecule has 1 rings (SSSR count). The molecule has 1 unspecified atom stereocenters. The number of hydrogen-bond acceptors (Lipinski definition) is 2. The first kappa shape index (κ1) is 44.4. The molecule has 1 aliphatic rings. The predicted octanol–water partition coefficient (Wildman–Crippen LogP) is 15.9. The van der Waals surface area contributed by atoms with Crippen molar-refractivity contribution in [1.82, 2.24) is 9.80 Å². The maximum Gasteiger partial charge on any atom is 0.101 e. The van der Waals surface area contributed by atoms with Gasteiger partial charge in [0, 0.05) is 25.5 Å². The zero-order valence-electron chi connectivity index (χ0n) is 33.2. The fraction of sp³-hybridized carbons (Fsp3) is 0.956. The second-order valence-electron chi connectivity index (χ2n) is 15.7. The van der Waals surface area contributed by atoms with E-state index in [0.29, 0.717) is 6.17 Å². The average Bonchev–Trinajstić information content (AvgIpc) is 3.47. The molecule has 0 N–H and O–H groups in total. The van der Waals surface area contributed by atoms with Gasteiger partial charge >= 0.3 is 0 Å². The number of rotatable bonds is 39. The minimum atomic E-state index is 0.638. The van der Waals surface area contributed by atoms with Crippen LogP contribution in [0.4, 0.5) is 0 Å². The molecule has 0 spiro atoms. The van der Waals surface area contributed by atoms with Crippen LogP contribution in [0.1, 0.15) is 258 Å². The van der Waals surface area contributed by atoms with Gasteiger partial charge in [-0.15, -0.1) is 0 Å². The van der Waals surface area contributed by atoms with Crippen molar-refractivity contribution in [1.29, 1.82) is 0 Å². The Morgan fingerprint density at radius 2 is 0.489 bits per heavy atom. The molecule has 0 saturated heterocycles. The van der Waals surface area contributed by atoms with E-state index >= 15 is 0 Å². The van der Waals surface area contributed by atoms with Crippen LogP contribution in [0.15, 0.2) is 12.4 Å². The summed E-state index contributed by atoms with van der Waals surface area (Å²) in [7, 11) is 0. The molecule has 1 aliphatic heterocycles. The number of hydrogen-bond donors (Lipinski definition) is 0. The minimum absolute atomic E-state index is 0.638. The second kappa shape index (κ2) is 36.6. The quantitative estimate of drug-likeness (QED) is 0.0606. The van der Waals surface area contributed by atoms with E-state index in [9.17, 15) is 0 Å². The molecule has 1 atom stereocenters. The summed E-state index contributed by atoms with van der Waals surface area (Å²) in [5.74, 6) is 0. The third kappa shape index (κ3) is 28.8. The van der Waals surface area contributed by atoms with Crippen molar-refractivity contribution in [2.75, 3.05) is 13.1 Å². The molecule has 1 heterocycles. The highest BCUT2D eigenvalue weighted by Gasteiger charge is 2.24. The van der Waals surface area contributed by atoms with Gasteiger partial charge in [0.05, 0.1) is 0 Å². The molecule has 0 bridgehead atoms. The summed E-state index contributed by atoms with van der Waals surface area (Å²) in [5, 5.41) is 0. The predicted molar refractivity (Wildman–Crippen MR) is 214 cm³/mol. The van der Waals surface area contributed by atoms with Crippen LogP contribution in [0.5, 0.6) is 0 Å². The van der Waals surface area contributed by atoms with Gasteiger partial charge in [-0.25, -0.2) is 0 Å². The standard InChI is InChI=1S/C45H90N2/c1-4-7-10-13-16-19-21-23-24-26-28-30-33-36-39-42-47-44-43-46(45(47)40-37-34-31-18-15-12-9-6-3)41-38-35-32-29-27-25-22-20-17-14-11-8-5-2/h43-45H,4-42H2,1-3H3. The molecule has 0 aromatic rings. The van der Waals surface area contributed by atoms with Crippen molar-refractivity contribution in [3.63, 3.8) is 0 Å². The summed E-state index contributed by atoms with van der Waals surface area (Å²) >= 11 is 0. The number of unbranched alkanes of at least 4 members (excludes halogenated alkanes) is 33. The van der Waals surface area contributed by atoms with Crippen molar-refractivity contribution in [3.05, 3.63) is 12.4 Å². The van der Waals surface area contributed by atoms with Gasteiger partial charge in [-0.2, -0.15) is 0 Å².